The van der Waals surface area contributed by atoms with Gasteiger partial charge in [-0.05, 0) is 12.1 Å². The van der Waals surface area contributed by atoms with Gasteiger partial charge in [-0.3, -0.25) is 4.79 Å². The minimum absolute atomic E-state index is 0.00231. The fourth-order valence-electron chi connectivity index (χ4n) is 2.04. The lowest BCUT2D eigenvalue weighted by atomic mass is 10.2. The smallest absolute Gasteiger partial charge is 0.391 e. The molecule has 0 fully saturated rings. The van der Waals surface area contributed by atoms with E-state index in [1.165, 1.54) is 18.0 Å². The van der Waals surface area contributed by atoms with Crippen LogP contribution in [-0.4, -0.2) is 46.1 Å². The molecular weight excluding hydrogens is 343 g/mol. The molecule has 1 unspecified atom stereocenters. The molecule has 1 aromatic heterocycles. The summed E-state index contributed by atoms with van der Waals surface area (Å²) in [5.74, 6) is -2.88. The van der Waals surface area contributed by atoms with Crippen molar-refractivity contribution in [3.8, 4) is 11.4 Å². The predicted octanol–water partition coefficient (Wildman–Crippen LogP) is 2.02. The first kappa shape index (κ1) is 18.3. The number of carboxylic acids is 1. The number of carbonyl (C=O) groups excluding carboxylic acids is 1. The van der Waals surface area contributed by atoms with Gasteiger partial charge in [-0.1, -0.05) is 18.2 Å². The Hall–Kier alpha value is -3.04. The van der Waals surface area contributed by atoms with Crippen LogP contribution in [0, 0.1) is 0 Å². The van der Waals surface area contributed by atoms with E-state index in [1.807, 2.05) is 5.32 Å². The average Bonchev–Trinajstić information content (AvgIpc) is 2.98. The van der Waals surface area contributed by atoms with Crippen LogP contribution >= 0.6 is 0 Å². The van der Waals surface area contributed by atoms with Gasteiger partial charge in [0, 0.05) is 0 Å². The van der Waals surface area contributed by atoms with E-state index in [-0.39, 0.29) is 11.4 Å². The molecule has 2 aromatic rings. The number of para-hydroxylation sites is 1. The number of nitrogens with zero attached hydrogens (tertiary/aromatic N) is 2. The summed E-state index contributed by atoms with van der Waals surface area (Å²) in [5, 5.41) is 14.7. The molecule has 1 heterocycles. The van der Waals surface area contributed by atoms with Crippen molar-refractivity contribution in [2.24, 2.45) is 0 Å². The van der Waals surface area contributed by atoms with Crippen LogP contribution in [0.1, 0.15) is 16.9 Å². The van der Waals surface area contributed by atoms with Gasteiger partial charge in [0.25, 0.3) is 5.91 Å². The highest BCUT2D eigenvalue weighted by atomic mass is 19.4. The van der Waals surface area contributed by atoms with E-state index in [4.69, 9.17) is 9.84 Å². The summed E-state index contributed by atoms with van der Waals surface area (Å²) in [5.41, 5.74) is 0.268. The summed E-state index contributed by atoms with van der Waals surface area (Å²) in [7, 11) is 1.26. The number of carboxylic acid groups (broad SMARTS) is 1. The summed E-state index contributed by atoms with van der Waals surface area (Å²) >= 11 is 0. The quantitative estimate of drug-likeness (QED) is 0.825. The molecule has 0 aliphatic carbocycles. The number of alkyl halides is 3. The van der Waals surface area contributed by atoms with Crippen LogP contribution in [0.3, 0.4) is 0 Å². The van der Waals surface area contributed by atoms with Crippen LogP contribution in [0.4, 0.5) is 13.2 Å². The normalized spacial score (nSPS) is 12.5. The van der Waals surface area contributed by atoms with Crippen LogP contribution in [0.5, 0.6) is 5.75 Å². The van der Waals surface area contributed by atoms with Crippen molar-refractivity contribution in [2.45, 2.75) is 18.6 Å². The number of amides is 1. The molecule has 2 rings (SSSR count). The molecular formula is C15H14F3N3O4. The van der Waals surface area contributed by atoms with Crippen LogP contribution in [0.25, 0.3) is 5.69 Å². The molecule has 25 heavy (non-hydrogen) atoms. The zero-order chi connectivity index (χ0) is 18.6. The van der Waals surface area contributed by atoms with Crippen molar-refractivity contribution in [2.75, 3.05) is 7.11 Å². The molecule has 0 radical (unpaired) electrons. The molecule has 1 atom stereocenters. The van der Waals surface area contributed by atoms with Crippen LogP contribution in [-0.2, 0) is 4.79 Å². The Morgan fingerprint density at radius 1 is 1.32 bits per heavy atom. The third kappa shape index (κ3) is 4.72. The van der Waals surface area contributed by atoms with Gasteiger partial charge in [0.1, 0.15) is 6.04 Å². The SMILES string of the molecule is COc1cn(-c2ccccc2)nc1C(=O)NC(CC(F)(F)F)C(=O)O. The molecule has 0 spiro atoms. The number of hydrogen-bond donors (Lipinski definition) is 2. The summed E-state index contributed by atoms with van der Waals surface area (Å²) < 4.78 is 43.6. The monoisotopic (exact) mass is 357 g/mol. The molecule has 0 saturated heterocycles. The summed E-state index contributed by atoms with van der Waals surface area (Å²) in [4.78, 5) is 23.1. The van der Waals surface area contributed by atoms with E-state index in [9.17, 15) is 22.8 Å². The topological polar surface area (TPSA) is 93.5 Å². The minimum Gasteiger partial charge on any atom is -0.493 e. The number of methoxy groups -OCH3 is 1. The highest BCUT2D eigenvalue weighted by molar-refractivity contribution is 5.97. The van der Waals surface area contributed by atoms with Gasteiger partial charge in [-0.25, -0.2) is 9.48 Å². The standard InChI is InChI=1S/C15H14F3N3O4/c1-25-11-8-21(9-5-3-2-4-6-9)20-12(11)13(22)19-10(14(23)24)7-15(16,17)18/h2-6,8,10H,7H2,1H3,(H,19,22)(H,23,24). The first-order chi connectivity index (χ1) is 11.7. The molecule has 1 amide bonds. The van der Waals surface area contributed by atoms with E-state index in [2.05, 4.69) is 5.10 Å². The number of hydrogen-bond acceptors (Lipinski definition) is 4. The molecule has 0 bridgehead atoms. The van der Waals surface area contributed by atoms with Crippen molar-refractivity contribution >= 4 is 11.9 Å². The predicted molar refractivity (Wildman–Crippen MR) is 79.7 cm³/mol. The van der Waals surface area contributed by atoms with Crippen molar-refractivity contribution in [1.82, 2.24) is 15.1 Å². The maximum absolute atomic E-state index is 12.4. The van der Waals surface area contributed by atoms with Gasteiger partial charge >= 0.3 is 12.1 Å². The zero-order valence-electron chi connectivity index (χ0n) is 12.9. The number of benzene rings is 1. The van der Waals surface area contributed by atoms with Crippen LogP contribution < -0.4 is 10.1 Å². The first-order valence-electron chi connectivity index (χ1n) is 7.01. The number of nitrogens with one attached hydrogen (secondary N) is 1. The summed E-state index contributed by atoms with van der Waals surface area (Å²) in [6.07, 6.45) is -5.08. The van der Waals surface area contributed by atoms with E-state index < -0.39 is 30.5 Å². The molecule has 1 aromatic carbocycles. The highest BCUT2D eigenvalue weighted by Crippen LogP contribution is 2.23. The zero-order valence-corrected chi connectivity index (χ0v) is 12.9. The van der Waals surface area contributed by atoms with Crippen molar-refractivity contribution in [3.63, 3.8) is 0 Å². The Bertz CT molecular complexity index is 759. The number of aliphatic carboxylic acids is 1. The Balaban J connectivity index is 2.26. The largest absolute Gasteiger partial charge is 0.493 e. The van der Waals surface area contributed by atoms with Crippen molar-refractivity contribution in [3.05, 3.63) is 42.2 Å². The number of carbonyl (C=O) groups is 2. The summed E-state index contributed by atoms with van der Waals surface area (Å²) in [6.45, 7) is 0. The molecule has 0 saturated carbocycles. The minimum atomic E-state index is -4.75. The number of rotatable bonds is 6. The second kappa shape index (κ2) is 7.24. The lowest BCUT2D eigenvalue weighted by Gasteiger charge is -2.15. The molecule has 2 N–H and O–H groups in total. The lowest BCUT2D eigenvalue weighted by Crippen LogP contribution is -2.43. The van der Waals surface area contributed by atoms with E-state index in [0.717, 1.165) is 0 Å². The van der Waals surface area contributed by atoms with Crippen molar-refractivity contribution in [1.29, 1.82) is 0 Å². The highest BCUT2D eigenvalue weighted by Gasteiger charge is 2.37. The Morgan fingerprint density at radius 2 is 1.96 bits per heavy atom. The fraction of sp³-hybridized carbons (Fsp3) is 0.267. The van der Waals surface area contributed by atoms with E-state index in [0.29, 0.717) is 5.69 Å². The summed E-state index contributed by atoms with van der Waals surface area (Å²) in [6, 6.07) is 6.49. The fourth-order valence-corrected chi connectivity index (χ4v) is 2.04. The molecule has 0 aliphatic heterocycles. The maximum Gasteiger partial charge on any atom is 0.391 e. The molecule has 10 heteroatoms. The second-order valence-electron chi connectivity index (χ2n) is 5.01. The molecule has 134 valence electrons. The first-order valence-corrected chi connectivity index (χ1v) is 7.01. The van der Waals surface area contributed by atoms with Crippen molar-refractivity contribution < 1.29 is 32.6 Å². The van der Waals surface area contributed by atoms with Gasteiger partial charge in [0.05, 0.1) is 25.4 Å². The van der Waals surface area contributed by atoms with Gasteiger partial charge in [-0.15, -0.1) is 0 Å². The van der Waals surface area contributed by atoms with Gasteiger partial charge in [-0.2, -0.15) is 18.3 Å². The maximum atomic E-state index is 12.4. The number of aromatic nitrogens is 2. The average molecular weight is 357 g/mol. The van der Waals surface area contributed by atoms with Gasteiger partial charge in [0.15, 0.2) is 11.4 Å². The Labute approximate surface area is 140 Å². The van der Waals surface area contributed by atoms with Crippen LogP contribution in [0.2, 0.25) is 0 Å². The Morgan fingerprint density at radius 3 is 2.48 bits per heavy atom. The number of halogens is 3. The van der Waals surface area contributed by atoms with E-state index in [1.54, 1.807) is 30.3 Å². The number of ether oxygens (including phenoxy) is 1. The van der Waals surface area contributed by atoms with Gasteiger partial charge < -0.3 is 15.2 Å². The third-order valence-electron chi connectivity index (χ3n) is 3.18. The Kier molecular flexibility index (Phi) is 5.30. The van der Waals surface area contributed by atoms with Crippen LogP contribution in [0.15, 0.2) is 36.5 Å². The van der Waals surface area contributed by atoms with E-state index >= 15 is 0 Å². The third-order valence-corrected chi connectivity index (χ3v) is 3.18. The van der Waals surface area contributed by atoms with Gasteiger partial charge in [0.2, 0.25) is 0 Å². The molecule has 0 aliphatic rings. The lowest BCUT2D eigenvalue weighted by molar-refractivity contribution is -0.157. The second-order valence-corrected chi connectivity index (χ2v) is 5.01. The molecule has 7 nitrogen and oxygen atoms in total.